The number of carbonyl (C=O) groups is 1. The maximum absolute atomic E-state index is 13.0. The van der Waals surface area contributed by atoms with Crippen molar-refractivity contribution in [1.29, 1.82) is 0 Å². The summed E-state index contributed by atoms with van der Waals surface area (Å²) < 4.78 is 26.1. The molecule has 2 aromatic carbocycles. The topological polar surface area (TPSA) is 57.7 Å². The predicted molar refractivity (Wildman–Crippen MR) is 105 cm³/mol. The molecule has 2 aromatic rings. The minimum Gasteiger partial charge on any atom is -0.309 e. The highest BCUT2D eigenvalue weighted by atomic mass is 32.2. The first kappa shape index (κ1) is 18.5. The van der Waals surface area contributed by atoms with Crippen molar-refractivity contribution in [3.05, 3.63) is 59.7 Å². The first-order valence-electron chi connectivity index (χ1n) is 8.91. The number of sulfonamides is 1. The number of hydrogen-bond donors (Lipinski definition) is 0. The fourth-order valence-electron chi connectivity index (χ4n) is 3.27. The van der Waals surface area contributed by atoms with Gasteiger partial charge in [0.1, 0.15) is 0 Å². The largest absolute Gasteiger partial charge is 0.309 e. The van der Waals surface area contributed by atoms with Crippen molar-refractivity contribution in [3.63, 3.8) is 0 Å². The highest BCUT2D eigenvalue weighted by molar-refractivity contribution is 7.92. The summed E-state index contributed by atoms with van der Waals surface area (Å²) in [6.07, 6.45) is 1.52. The summed E-state index contributed by atoms with van der Waals surface area (Å²) in [6, 6.07) is 14.7. The molecule has 0 bridgehead atoms. The number of aryl methyl sites for hydroxylation is 1. The van der Waals surface area contributed by atoms with Gasteiger partial charge in [-0.3, -0.25) is 9.10 Å². The van der Waals surface area contributed by atoms with Crippen LogP contribution in [0.3, 0.4) is 0 Å². The zero-order valence-corrected chi connectivity index (χ0v) is 16.0. The fraction of sp³-hybridized carbons (Fsp3) is 0.350. The van der Waals surface area contributed by atoms with Gasteiger partial charge in [0, 0.05) is 24.3 Å². The molecular weight excluding hydrogens is 348 g/mol. The van der Waals surface area contributed by atoms with Crippen molar-refractivity contribution in [2.45, 2.75) is 26.7 Å². The molecule has 1 heterocycles. The molecule has 0 N–H and O–H groups in total. The van der Waals surface area contributed by atoms with Gasteiger partial charge >= 0.3 is 0 Å². The zero-order chi connectivity index (χ0) is 18.7. The number of rotatable bonds is 4. The first-order valence-corrected chi connectivity index (χ1v) is 10.5. The molecular formula is C20H24N2O3S. The third kappa shape index (κ3) is 3.75. The van der Waals surface area contributed by atoms with Crippen LogP contribution in [0.5, 0.6) is 0 Å². The molecule has 0 spiro atoms. The molecule has 0 saturated carbocycles. The van der Waals surface area contributed by atoms with Gasteiger partial charge in [0.25, 0.3) is 5.91 Å². The van der Waals surface area contributed by atoms with E-state index in [2.05, 4.69) is 0 Å². The molecule has 1 fully saturated rings. The lowest BCUT2D eigenvalue weighted by molar-refractivity contribution is 0.0988. The van der Waals surface area contributed by atoms with Crippen LogP contribution in [0.25, 0.3) is 0 Å². The Kier molecular flexibility index (Phi) is 5.32. The van der Waals surface area contributed by atoms with Gasteiger partial charge in [-0.2, -0.15) is 0 Å². The smallest absolute Gasteiger partial charge is 0.258 e. The van der Waals surface area contributed by atoms with Gasteiger partial charge in [-0.1, -0.05) is 18.2 Å². The van der Waals surface area contributed by atoms with E-state index in [1.54, 1.807) is 29.2 Å². The minimum absolute atomic E-state index is 0.130. The summed E-state index contributed by atoms with van der Waals surface area (Å²) in [4.78, 5) is 14.7. The van der Waals surface area contributed by atoms with Gasteiger partial charge in [-0.15, -0.1) is 0 Å². The Morgan fingerprint density at radius 1 is 1.12 bits per heavy atom. The maximum Gasteiger partial charge on any atom is 0.258 e. The summed E-state index contributed by atoms with van der Waals surface area (Å²) in [5.41, 5.74) is 2.98. The Balaban J connectivity index is 1.93. The number of hydrogen-bond acceptors (Lipinski definition) is 3. The third-order valence-corrected chi connectivity index (χ3v) is 6.47. The van der Waals surface area contributed by atoms with E-state index in [1.165, 1.54) is 4.31 Å². The van der Waals surface area contributed by atoms with Crippen LogP contribution in [0.1, 0.15) is 35.7 Å². The molecule has 1 aliphatic heterocycles. The minimum atomic E-state index is -3.29. The molecule has 0 aliphatic carbocycles. The van der Waals surface area contributed by atoms with E-state index in [1.807, 2.05) is 38.1 Å². The molecule has 3 rings (SSSR count). The van der Waals surface area contributed by atoms with Crippen LogP contribution in [0.4, 0.5) is 11.4 Å². The molecule has 0 aromatic heterocycles. The van der Waals surface area contributed by atoms with Crippen LogP contribution in [0.2, 0.25) is 0 Å². The molecule has 0 atom stereocenters. The van der Waals surface area contributed by atoms with E-state index in [0.29, 0.717) is 30.8 Å². The molecule has 6 heteroatoms. The maximum atomic E-state index is 13.0. The van der Waals surface area contributed by atoms with Crippen molar-refractivity contribution in [2.75, 3.05) is 28.0 Å². The highest BCUT2D eigenvalue weighted by Crippen LogP contribution is 2.26. The Morgan fingerprint density at radius 3 is 2.58 bits per heavy atom. The predicted octanol–water partition coefficient (Wildman–Crippen LogP) is 3.59. The van der Waals surface area contributed by atoms with Crippen LogP contribution < -0.4 is 9.21 Å². The Labute approximate surface area is 155 Å². The average molecular weight is 372 g/mol. The van der Waals surface area contributed by atoms with E-state index >= 15 is 0 Å². The Morgan fingerprint density at radius 2 is 1.88 bits per heavy atom. The summed E-state index contributed by atoms with van der Waals surface area (Å²) in [5, 5.41) is 0. The molecule has 26 heavy (non-hydrogen) atoms. The van der Waals surface area contributed by atoms with Crippen LogP contribution in [-0.4, -0.2) is 33.2 Å². The number of anilines is 2. The number of carbonyl (C=O) groups excluding carboxylic acids is 1. The van der Waals surface area contributed by atoms with Crippen LogP contribution in [-0.2, 0) is 10.0 Å². The second-order valence-electron chi connectivity index (χ2n) is 6.53. The molecule has 1 saturated heterocycles. The van der Waals surface area contributed by atoms with Crippen molar-refractivity contribution in [2.24, 2.45) is 0 Å². The normalized spacial score (nSPS) is 16.3. The Hall–Kier alpha value is -2.34. The van der Waals surface area contributed by atoms with Crippen molar-refractivity contribution >= 4 is 27.3 Å². The average Bonchev–Trinajstić information content (AvgIpc) is 2.62. The molecule has 138 valence electrons. The van der Waals surface area contributed by atoms with Crippen LogP contribution in [0.15, 0.2) is 48.5 Å². The second-order valence-corrected chi connectivity index (χ2v) is 8.55. The SMILES string of the molecule is CCN(C(=O)c1cccc(N2CCCCS2(=O)=O)c1)c1cccc(C)c1. The Bertz CT molecular complexity index is 909. The molecule has 0 radical (unpaired) electrons. The quantitative estimate of drug-likeness (QED) is 0.824. The van der Waals surface area contributed by atoms with E-state index in [-0.39, 0.29) is 11.7 Å². The van der Waals surface area contributed by atoms with Crippen molar-refractivity contribution in [1.82, 2.24) is 0 Å². The van der Waals surface area contributed by atoms with Crippen LogP contribution >= 0.6 is 0 Å². The third-order valence-electron chi connectivity index (χ3n) is 4.61. The van der Waals surface area contributed by atoms with Gasteiger partial charge in [-0.25, -0.2) is 8.42 Å². The molecule has 1 aliphatic rings. The number of benzene rings is 2. The summed E-state index contributed by atoms with van der Waals surface area (Å²) >= 11 is 0. The lowest BCUT2D eigenvalue weighted by atomic mass is 10.1. The number of amides is 1. The van der Waals surface area contributed by atoms with Gasteiger partial charge in [0.2, 0.25) is 10.0 Å². The van der Waals surface area contributed by atoms with Gasteiger partial charge in [0.05, 0.1) is 11.4 Å². The summed E-state index contributed by atoms with van der Waals surface area (Å²) in [6.45, 7) is 4.92. The van der Waals surface area contributed by atoms with E-state index in [9.17, 15) is 13.2 Å². The lowest BCUT2D eigenvalue weighted by Gasteiger charge is -2.29. The highest BCUT2D eigenvalue weighted by Gasteiger charge is 2.27. The standard InChI is InChI=1S/C20H24N2O3S/c1-3-21(18-10-6-8-16(2)14-18)20(23)17-9-7-11-19(15-17)22-12-4-5-13-26(22,24)25/h6-11,14-15H,3-5,12-13H2,1-2H3. The van der Waals surface area contributed by atoms with Gasteiger partial charge in [-0.05, 0) is 62.6 Å². The van der Waals surface area contributed by atoms with E-state index in [4.69, 9.17) is 0 Å². The molecule has 0 unspecified atom stereocenters. The zero-order valence-electron chi connectivity index (χ0n) is 15.2. The summed E-state index contributed by atoms with van der Waals surface area (Å²) in [5.74, 6) is 0.0320. The lowest BCUT2D eigenvalue weighted by Crippen LogP contribution is -2.38. The molecule has 1 amide bonds. The fourth-order valence-corrected chi connectivity index (χ4v) is 4.90. The van der Waals surface area contributed by atoms with Crippen molar-refractivity contribution in [3.8, 4) is 0 Å². The summed E-state index contributed by atoms with van der Waals surface area (Å²) in [7, 11) is -3.29. The molecule has 5 nitrogen and oxygen atoms in total. The van der Waals surface area contributed by atoms with Gasteiger partial charge < -0.3 is 4.90 Å². The number of nitrogens with zero attached hydrogens (tertiary/aromatic N) is 2. The van der Waals surface area contributed by atoms with Crippen molar-refractivity contribution < 1.29 is 13.2 Å². The van der Waals surface area contributed by atoms with Gasteiger partial charge in [0.15, 0.2) is 0 Å². The second kappa shape index (κ2) is 7.50. The van der Waals surface area contributed by atoms with Crippen LogP contribution in [0, 0.1) is 6.92 Å². The van der Waals surface area contributed by atoms with E-state index in [0.717, 1.165) is 17.7 Å². The van der Waals surface area contributed by atoms with E-state index < -0.39 is 10.0 Å². The monoisotopic (exact) mass is 372 g/mol. The first-order chi connectivity index (χ1) is 12.4.